The number of rotatable bonds is 5. The number of carbonyl (C=O) groups excluding carboxylic acids is 1. The van der Waals surface area contributed by atoms with Crippen LogP contribution in [0.15, 0.2) is 42.6 Å². The number of fused-ring (bicyclic) bond motifs is 4. The molecule has 0 aliphatic carbocycles. The standard InChI is InChI=1S/C34H39ClFN7O3/c1-34(2,3)46-33(44)43-21-11-12-22(43)17-42(16-21)31-25-14-38-29(24-9-5-7-19-8-6-10-26(35)27(19)24)28(36)30(25)39-32(40-31)45-18-23-13-20(37)15-41(23)4/h5-10,14,20-23H,11-13,15-18,37H2,1-4H3/t20-,21-,22+,23+/m1/s1. The molecule has 12 heteroatoms. The maximum absolute atomic E-state index is 16.7. The summed E-state index contributed by atoms with van der Waals surface area (Å²) in [5, 5.41) is 2.60. The molecule has 3 aliphatic rings. The van der Waals surface area contributed by atoms with Gasteiger partial charge in [0.1, 0.15) is 29.2 Å². The van der Waals surface area contributed by atoms with E-state index in [0.717, 1.165) is 36.6 Å². The molecule has 3 fully saturated rings. The Morgan fingerprint density at radius 3 is 2.48 bits per heavy atom. The van der Waals surface area contributed by atoms with Gasteiger partial charge in [-0.15, -0.1) is 0 Å². The highest BCUT2D eigenvalue weighted by Gasteiger charge is 2.45. The first-order valence-corrected chi connectivity index (χ1v) is 16.2. The van der Waals surface area contributed by atoms with Gasteiger partial charge in [-0.1, -0.05) is 41.9 Å². The number of hydrogen-bond acceptors (Lipinski definition) is 9. The maximum Gasteiger partial charge on any atom is 0.410 e. The quantitative estimate of drug-likeness (QED) is 0.294. The molecule has 1 amide bonds. The van der Waals surface area contributed by atoms with Crippen molar-refractivity contribution in [1.82, 2.24) is 24.8 Å². The number of nitrogens with two attached hydrogens (primary N) is 1. The molecule has 46 heavy (non-hydrogen) atoms. The number of ether oxygens (including phenoxy) is 2. The molecule has 10 nitrogen and oxygen atoms in total. The molecule has 0 unspecified atom stereocenters. The van der Waals surface area contributed by atoms with Crippen molar-refractivity contribution in [3.63, 3.8) is 0 Å². The van der Waals surface area contributed by atoms with Gasteiger partial charge in [0.25, 0.3) is 0 Å². The highest BCUT2D eigenvalue weighted by molar-refractivity contribution is 6.36. The molecule has 242 valence electrons. The second-order valence-corrected chi connectivity index (χ2v) is 14.1. The minimum atomic E-state index is -0.588. The Morgan fingerprint density at radius 2 is 1.80 bits per heavy atom. The number of pyridine rings is 1. The van der Waals surface area contributed by atoms with Crippen molar-refractivity contribution in [2.75, 3.05) is 38.2 Å². The van der Waals surface area contributed by atoms with Gasteiger partial charge in [0.15, 0.2) is 5.82 Å². The fourth-order valence-corrected chi connectivity index (χ4v) is 7.47. The smallest absolute Gasteiger partial charge is 0.410 e. The van der Waals surface area contributed by atoms with E-state index in [1.54, 1.807) is 12.3 Å². The van der Waals surface area contributed by atoms with Crippen molar-refractivity contribution >= 4 is 45.2 Å². The van der Waals surface area contributed by atoms with Crippen LogP contribution in [0.2, 0.25) is 5.02 Å². The highest BCUT2D eigenvalue weighted by Crippen LogP contribution is 2.39. The number of halogens is 2. The number of likely N-dealkylation sites (N-methyl/N-ethyl adjacent to an activating group) is 1. The Kier molecular flexibility index (Phi) is 7.89. The third-order valence-corrected chi connectivity index (χ3v) is 9.58. The van der Waals surface area contributed by atoms with Crippen LogP contribution in [0.4, 0.5) is 15.0 Å². The Labute approximate surface area is 272 Å². The number of piperazine rings is 1. The van der Waals surface area contributed by atoms with E-state index in [-0.39, 0.29) is 47.5 Å². The summed E-state index contributed by atoms with van der Waals surface area (Å²) in [5.74, 6) is -0.0418. The second kappa shape index (κ2) is 11.8. The van der Waals surface area contributed by atoms with Crippen LogP contribution in [0.1, 0.15) is 40.0 Å². The summed E-state index contributed by atoms with van der Waals surface area (Å²) >= 11 is 6.61. The third kappa shape index (κ3) is 5.69. The number of aromatic nitrogens is 3. The van der Waals surface area contributed by atoms with Gasteiger partial charge in [-0.05, 0) is 58.5 Å². The normalized spacial score (nSPS) is 23.5. The van der Waals surface area contributed by atoms with Gasteiger partial charge in [-0.25, -0.2) is 9.18 Å². The zero-order valence-corrected chi connectivity index (χ0v) is 27.3. The van der Waals surface area contributed by atoms with Crippen molar-refractivity contribution in [2.24, 2.45) is 5.73 Å². The molecule has 2 aromatic heterocycles. The molecule has 3 saturated heterocycles. The fraction of sp³-hybridized carbons (Fsp3) is 0.471. The molecule has 0 radical (unpaired) electrons. The predicted octanol–water partition coefficient (Wildman–Crippen LogP) is 5.64. The van der Waals surface area contributed by atoms with Crippen LogP contribution in [0.5, 0.6) is 6.01 Å². The molecule has 2 bridgehead atoms. The Balaban J connectivity index is 1.29. The first kappa shape index (κ1) is 30.8. The van der Waals surface area contributed by atoms with E-state index < -0.39 is 11.4 Å². The van der Waals surface area contributed by atoms with Gasteiger partial charge < -0.3 is 20.1 Å². The largest absolute Gasteiger partial charge is 0.462 e. The lowest BCUT2D eigenvalue weighted by molar-refractivity contribution is 0.0122. The summed E-state index contributed by atoms with van der Waals surface area (Å²) in [7, 11) is 2.01. The number of anilines is 1. The van der Waals surface area contributed by atoms with Crippen molar-refractivity contribution in [3.8, 4) is 17.3 Å². The Bertz CT molecular complexity index is 1800. The van der Waals surface area contributed by atoms with Crippen LogP contribution < -0.4 is 15.4 Å². The monoisotopic (exact) mass is 647 g/mol. The van der Waals surface area contributed by atoms with Crippen molar-refractivity contribution in [2.45, 2.75) is 69.8 Å². The van der Waals surface area contributed by atoms with E-state index in [4.69, 9.17) is 31.8 Å². The molecule has 5 heterocycles. The van der Waals surface area contributed by atoms with Crippen LogP contribution in [-0.4, -0.2) is 93.9 Å². The highest BCUT2D eigenvalue weighted by atomic mass is 35.5. The van der Waals surface area contributed by atoms with E-state index in [1.165, 1.54) is 0 Å². The lowest BCUT2D eigenvalue weighted by atomic mass is 10.0. The topological polar surface area (TPSA) is 110 Å². The molecule has 0 saturated carbocycles. The van der Waals surface area contributed by atoms with Crippen molar-refractivity contribution < 1.29 is 18.7 Å². The number of nitrogens with zero attached hydrogens (tertiary/aromatic N) is 6. The first-order chi connectivity index (χ1) is 22.0. The first-order valence-electron chi connectivity index (χ1n) is 15.9. The summed E-state index contributed by atoms with van der Waals surface area (Å²) < 4.78 is 28.6. The van der Waals surface area contributed by atoms with Gasteiger partial charge in [0, 0.05) is 53.9 Å². The number of benzene rings is 2. The zero-order chi connectivity index (χ0) is 32.3. The average molecular weight is 648 g/mol. The minimum Gasteiger partial charge on any atom is -0.462 e. The predicted molar refractivity (Wildman–Crippen MR) is 177 cm³/mol. The lowest BCUT2D eigenvalue weighted by Crippen LogP contribution is -2.57. The van der Waals surface area contributed by atoms with Gasteiger partial charge >= 0.3 is 12.1 Å². The number of likely N-dealkylation sites (tertiary alicyclic amines) is 1. The lowest BCUT2D eigenvalue weighted by Gasteiger charge is -2.42. The van der Waals surface area contributed by atoms with Crippen LogP contribution >= 0.6 is 11.6 Å². The summed E-state index contributed by atoms with van der Waals surface area (Å²) in [6.07, 6.45) is 3.81. The Hall–Kier alpha value is -3.80. The van der Waals surface area contributed by atoms with Crippen molar-refractivity contribution in [1.29, 1.82) is 0 Å². The molecule has 3 aliphatic heterocycles. The molecule has 4 aromatic rings. The van der Waals surface area contributed by atoms with Crippen molar-refractivity contribution in [3.05, 3.63) is 53.4 Å². The number of carbonyl (C=O) groups is 1. The van der Waals surface area contributed by atoms with Gasteiger partial charge in [0.2, 0.25) is 0 Å². The second-order valence-electron chi connectivity index (χ2n) is 13.7. The molecule has 2 aromatic carbocycles. The Morgan fingerprint density at radius 1 is 1.09 bits per heavy atom. The van der Waals surface area contributed by atoms with E-state index in [2.05, 4.69) is 19.8 Å². The molecular formula is C34H39ClFN7O3. The maximum atomic E-state index is 16.7. The molecule has 0 spiro atoms. The van der Waals surface area contributed by atoms with Gasteiger partial charge in [0.05, 0.1) is 17.5 Å². The van der Waals surface area contributed by atoms with Gasteiger partial charge in [-0.2, -0.15) is 9.97 Å². The van der Waals surface area contributed by atoms with E-state index in [0.29, 0.717) is 41.5 Å². The summed E-state index contributed by atoms with van der Waals surface area (Å²) in [4.78, 5) is 33.4. The van der Waals surface area contributed by atoms with Gasteiger partial charge in [-0.3, -0.25) is 14.8 Å². The number of hydrogen-bond donors (Lipinski definition) is 1. The molecular weight excluding hydrogens is 609 g/mol. The summed E-state index contributed by atoms with van der Waals surface area (Å²) in [5.41, 5.74) is 6.44. The zero-order valence-electron chi connectivity index (χ0n) is 26.5. The van der Waals surface area contributed by atoms with E-state index in [1.807, 2.05) is 63.1 Å². The third-order valence-electron chi connectivity index (χ3n) is 9.26. The van der Waals surface area contributed by atoms with Crippen LogP contribution in [0.25, 0.3) is 32.9 Å². The molecule has 4 atom stereocenters. The molecule has 7 rings (SSSR count). The van der Waals surface area contributed by atoms with Crippen LogP contribution in [-0.2, 0) is 4.74 Å². The van der Waals surface area contributed by atoms with E-state index in [9.17, 15) is 4.79 Å². The summed E-state index contributed by atoms with van der Waals surface area (Å²) in [6.45, 7) is 7.75. The van der Waals surface area contributed by atoms with Crippen LogP contribution in [0.3, 0.4) is 0 Å². The fourth-order valence-electron chi connectivity index (χ4n) is 7.19. The van der Waals surface area contributed by atoms with Crippen LogP contribution in [0, 0.1) is 5.82 Å². The van der Waals surface area contributed by atoms with E-state index >= 15 is 4.39 Å². The number of amides is 1. The molecule has 2 N–H and O–H groups in total. The summed E-state index contributed by atoms with van der Waals surface area (Å²) in [6, 6.07) is 11.3. The SMILES string of the molecule is CN1C[C@H](N)C[C@H]1COc1nc(N2C[C@H]3CC[C@@H](C2)N3C(=O)OC(C)(C)C)c2cnc(-c3cccc4cccc(Cl)c34)c(F)c2n1. The minimum absolute atomic E-state index is 0.0634. The average Bonchev–Trinajstić information content (AvgIpc) is 3.47.